The molecule has 2 unspecified atom stereocenters. The van der Waals surface area contributed by atoms with Gasteiger partial charge in [-0.2, -0.15) is 0 Å². The molecule has 1 saturated heterocycles. The topological polar surface area (TPSA) is 29.3 Å². The zero-order valence-electron chi connectivity index (χ0n) is 9.36. The minimum Gasteiger partial charge on any atom is -0.330 e. The van der Waals surface area contributed by atoms with Crippen LogP contribution in [0.5, 0.6) is 0 Å². The maximum atomic E-state index is 5.72. The van der Waals surface area contributed by atoms with E-state index < -0.39 is 0 Å². The lowest BCUT2D eigenvalue weighted by atomic mass is 10.1. The number of rotatable bonds is 3. The van der Waals surface area contributed by atoms with Crippen LogP contribution in [0.1, 0.15) is 18.9 Å². The van der Waals surface area contributed by atoms with Gasteiger partial charge in [-0.1, -0.05) is 0 Å². The molecule has 2 atom stereocenters. The van der Waals surface area contributed by atoms with E-state index in [1.165, 1.54) is 15.8 Å². The van der Waals surface area contributed by atoms with E-state index in [1.54, 1.807) is 11.3 Å². The molecule has 16 heavy (non-hydrogen) atoms. The van der Waals surface area contributed by atoms with Crippen LogP contribution in [0.3, 0.4) is 0 Å². The summed E-state index contributed by atoms with van der Waals surface area (Å²) in [6.07, 6.45) is 1.25. The third kappa shape index (κ3) is 3.44. The van der Waals surface area contributed by atoms with Crippen molar-refractivity contribution in [3.05, 3.63) is 20.8 Å². The molecule has 5 heteroatoms. The maximum Gasteiger partial charge on any atom is 0.0701 e. The fourth-order valence-electron chi connectivity index (χ4n) is 2.27. The largest absolute Gasteiger partial charge is 0.330 e. The molecule has 0 amide bonds. The third-order valence-corrected chi connectivity index (χ3v) is 4.68. The normalized spacial score (nSPS) is 25.7. The van der Waals surface area contributed by atoms with Gasteiger partial charge in [-0.15, -0.1) is 23.7 Å². The number of halogens is 2. The summed E-state index contributed by atoms with van der Waals surface area (Å²) >= 11 is 5.26. The van der Waals surface area contributed by atoms with Crippen LogP contribution in [0.4, 0.5) is 0 Å². The molecule has 1 aliphatic rings. The standard InChI is InChI=1S/C11H17BrN2S.ClH/c1-8-2-9(4-13)5-14(8)6-10-3-11(12)15-7-10;/h3,7-9H,2,4-6,13H2,1H3;1H. The summed E-state index contributed by atoms with van der Waals surface area (Å²) in [5, 5.41) is 2.23. The molecule has 2 N–H and O–H groups in total. The second-order valence-corrected chi connectivity index (χ2v) is 6.67. The van der Waals surface area contributed by atoms with Crippen LogP contribution < -0.4 is 5.73 Å². The predicted octanol–water partition coefficient (Wildman–Crippen LogP) is 3.10. The van der Waals surface area contributed by atoms with Gasteiger partial charge in [-0.25, -0.2) is 0 Å². The molecule has 1 aromatic rings. The number of nitrogens with two attached hydrogens (primary N) is 1. The monoisotopic (exact) mass is 324 g/mol. The molecule has 2 heterocycles. The summed E-state index contributed by atoms with van der Waals surface area (Å²) in [6.45, 7) is 5.36. The second kappa shape index (κ2) is 6.36. The average Bonchev–Trinajstić information content (AvgIpc) is 2.75. The summed E-state index contributed by atoms with van der Waals surface area (Å²) in [5.74, 6) is 0.696. The van der Waals surface area contributed by atoms with E-state index in [4.69, 9.17) is 5.73 Å². The number of likely N-dealkylation sites (tertiary alicyclic amines) is 1. The fourth-order valence-corrected chi connectivity index (χ4v) is 3.47. The molecule has 92 valence electrons. The van der Waals surface area contributed by atoms with Crippen LogP contribution in [-0.2, 0) is 6.54 Å². The van der Waals surface area contributed by atoms with E-state index in [2.05, 4.69) is 39.2 Å². The quantitative estimate of drug-likeness (QED) is 0.925. The van der Waals surface area contributed by atoms with Gasteiger partial charge in [0.15, 0.2) is 0 Å². The average molecular weight is 326 g/mol. The van der Waals surface area contributed by atoms with E-state index in [-0.39, 0.29) is 12.4 Å². The van der Waals surface area contributed by atoms with Crippen LogP contribution in [-0.4, -0.2) is 24.0 Å². The zero-order chi connectivity index (χ0) is 10.8. The number of hydrogen-bond donors (Lipinski definition) is 1. The Hall–Kier alpha value is 0.390. The van der Waals surface area contributed by atoms with Crippen molar-refractivity contribution in [3.8, 4) is 0 Å². The Balaban J connectivity index is 0.00000128. The van der Waals surface area contributed by atoms with Crippen LogP contribution in [0.15, 0.2) is 15.2 Å². The Morgan fingerprint density at radius 2 is 2.38 bits per heavy atom. The van der Waals surface area contributed by atoms with E-state index >= 15 is 0 Å². The summed E-state index contributed by atoms with van der Waals surface area (Å²) in [6, 6.07) is 2.89. The summed E-state index contributed by atoms with van der Waals surface area (Å²) < 4.78 is 1.22. The molecule has 0 aromatic carbocycles. The maximum absolute atomic E-state index is 5.72. The van der Waals surface area contributed by atoms with E-state index in [0.717, 1.165) is 19.6 Å². The number of hydrogen-bond acceptors (Lipinski definition) is 3. The second-order valence-electron chi connectivity index (χ2n) is 4.37. The smallest absolute Gasteiger partial charge is 0.0701 e. The first-order chi connectivity index (χ1) is 7.19. The Kier molecular flexibility index (Phi) is 5.74. The van der Waals surface area contributed by atoms with Crippen molar-refractivity contribution in [2.24, 2.45) is 11.7 Å². The van der Waals surface area contributed by atoms with Crippen LogP contribution in [0.25, 0.3) is 0 Å². The van der Waals surface area contributed by atoms with Crippen molar-refractivity contribution in [1.29, 1.82) is 0 Å². The minimum absolute atomic E-state index is 0. The van der Waals surface area contributed by atoms with Gasteiger partial charge in [0.1, 0.15) is 0 Å². The Morgan fingerprint density at radius 1 is 1.62 bits per heavy atom. The first kappa shape index (κ1) is 14.5. The highest BCUT2D eigenvalue weighted by atomic mass is 79.9. The van der Waals surface area contributed by atoms with Gasteiger partial charge >= 0.3 is 0 Å². The summed E-state index contributed by atoms with van der Waals surface area (Å²) in [4.78, 5) is 2.53. The lowest BCUT2D eigenvalue weighted by Gasteiger charge is -2.20. The van der Waals surface area contributed by atoms with Crippen LogP contribution >= 0.6 is 39.7 Å². The van der Waals surface area contributed by atoms with E-state index in [0.29, 0.717) is 12.0 Å². The molecule has 2 nitrogen and oxygen atoms in total. The fraction of sp³-hybridized carbons (Fsp3) is 0.636. The lowest BCUT2D eigenvalue weighted by Crippen LogP contribution is -2.27. The zero-order valence-corrected chi connectivity index (χ0v) is 12.6. The molecule has 0 bridgehead atoms. The van der Waals surface area contributed by atoms with Crippen molar-refractivity contribution in [3.63, 3.8) is 0 Å². The van der Waals surface area contributed by atoms with Crippen molar-refractivity contribution in [1.82, 2.24) is 4.90 Å². The highest BCUT2D eigenvalue weighted by molar-refractivity contribution is 9.11. The molecular formula is C11H18BrClN2S. The highest BCUT2D eigenvalue weighted by Crippen LogP contribution is 2.27. The SMILES string of the molecule is CC1CC(CN)CN1Cc1csc(Br)c1.Cl. The lowest BCUT2D eigenvalue weighted by molar-refractivity contribution is 0.256. The van der Waals surface area contributed by atoms with Gasteiger partial charge < -0.3 is 5.73 Å². The first-order valence-corrected chi connectivity index (χ1v) is 7.03. The van der Waals surface area contributed by atoms with Crippen molar-refractivity contribution in [2.45, 2.75) is 25.9 Å². The highest BCUT2D eigenvalue weighted by Gasteiger charge is 2.27. The molecule has 0 spiro atoms. The Bertz CT molecular complexity index is 332. The summed E-state index contributed by atoms with van der Waals surface area (Å²) in [7, 11) is 0. The molecule has 0 radical (unpaired) electrons. The van der Waals surface area contributed by atoms with Gasteiger partial charge in [-0.3, -0.25) is 4.90 Å². The van der Waals surface area contributed by atoms with Crippen LogP contribution in [0.2, 0.25) is 0 Å². The van der Waals surface area contributed by atoms with Gasteiger partial charge in [0, 0.05) is 19.1 Å². The molecular weight excluding hydrogens is 308 g/mol. The molecule has 2 rings (SSSR count). The van der Waals surface area contributed by atoms with E-state index in [1.807, 2.05) is 0 Å². The van der Waals surface area contributed by atoms with Crippen molar-refractivity contribution < 1.29 is 0 Å². The number of thiophene rings is 1. The number of nitrogens with zero attached hydrogens (tertiary/aromatic N) is 1. The van der Waals surface area contributed by atoms with Gasteiger partial charge in [-0.05, 0) is 58.7 Å². The Morgan fingerprint density at radius 3 is 2.88 bits per heavy atom. The van der Waals surface area contributed by atoms with Crippen LogP contribution in [0, 0.1) is 5.92 Å². The van der Waals surface area contributed by atoms with Crippen molar-refractivity contribution >= 4 is 39.7 Å². The molecule has 1 aliphatic heterocycles. The van der Waals surface area contributed by atoms with Gasteiger partial charge in [0.2, 0.25) is 0 Å². The van der Waals surface area contributed by atoms with Crippen molar-refractivity contribution in [2.75, 3.05) is 13.1 Å². The predicted molar refractivity (Wildman–Crippen MR) is 76.3 cm³/mol. The summed E-state index contributed by atoms with van der Waals surface area (Å²) in [5.41, 5.74) is 7.14. The molecule has 1 fully saturated rings. The third-order valence-electron chi connectivity index (χ3n) is 3.13. The molecule has 0 saturated carbocycles. The first-order valence-electron chi connectivity index (χ1n) is 5.36. The van der Waals surface area contributed by atoms with E-state index in [9.17, 15) is 0 Å². The Labute approximate surface area is 116 Å². The van der Waals surface area contributed by atoms with Gasteiger partial charge in [0.25, 0.3) is 0 Å². The minimum atomic E-state index is 0. The molecule has 1 aromatic heterocycles. The molecule has 0 aliphatic carbocycles. The van der Waals surface area contributed by atoms with Gasteiger partial charge in [0.05, 0.1) is 3.79 Å².